The van der Waals surface area contributed by atoms with Gasteiger partial charge >= 0.3 is 0 Å². The van der Waals surface area contributed by atoms with Crippen molar-refractivity contribution in [3.05, 3.63) is 77.1 Å². The molecule has 166 valence electrons. The van der Waals surface area contributed by atoms with Gasteiger partial charge in [0.15, 0.2) is 5.16 Å². The minimum absolute atomic E-state index is 0.0586. The fourth-order valence-corrected chi connectivity index (χ4v) is 3.89. The van der Waals surface area contributed by atoms with Gasteiger partial charge in [0, 0.05) is 22.9 Å². The van der Waals surface area contributed by atoms with Crippen LogP contribution < -0.4 is 10.6 Å². The maximum Gasteiger partial charge on any atom is 0.234 e. The largest absolute Gasteiger partial charge is 0.326 e. The molecule has 7 nitrogen and oxygen atoms in total. The number of rotatable bonds is 9. The van der Waals surface area contributed by atoms with Gasteiger partial charge in [0.2, 0.25) is 11.8 Å². The summed E-state index contributed by atoms with van der Waals surface area (Å²) in [6, 6.07) is 12.7. The Morgan fingerprint density at radius 1 is 1.06 bits per heavy atom. The molecule has 0 unspecified atom stereocenters. The lowest BCUT2D eigenvalue weighted by Gasteiger charge is -2.10. The number of thioether (sulfide) groups is 1. The fourth-order valence-electron chi connectivity index (χ4n) is 2.93. The van der Waals surface area contributed by atoms with Gasteiger partial charge in [-0.1, -0.05) is 41.6 Å². The number of aromatic nitrogens is 3. The van der Waals surface area contributed by atoms with Gasteiger partial charge in [0.05, 0.1) is 12.2 Å². The topological polar surface area (TPSA) is 88.9 Å². The van der Waals surface area contributed by atoms with E-state index in [4.69, 9.17) is 11.6 Å². The Kier molecular flexibility index (Phi) is 8.08. The van der Waals surface area contributed by atoms with Crippen LogP contribution in [0.2, 0.25) is 5.02 Å². The van der Waals surface area contributed by atoms with E-state index in [1.54, 1.807) is 34.9 Å². The molecule has 0 saturated carbocycles. The number of carbonyl (C=O) groups is 2. The molecular weight excluding hydrogens is 446 g/mol. The normalized spacial score (nSPS) is 10.6. The molecule has 0 saturated heterocycles. The molecule has 32 heavy (non-hydrogen) atoms. The Morgan fingerprint density at radius 3 is 2.53 bits per heavy atom. The Morgan fingerprint density at radius 2 is 1.81 bits per heavy atom. The van der Waals surface area contributed by atoms with Crippen molar-refractivity contribution in [1.82, 2.24) is 14.8 Å². The lowest BCUT2D eigenvalue weighted by Crippen LogP contribution is -2.18. The van der Waals surface area contributed by atoms with Gasteiger partial charge in [-0.05, 0) is 55.3 Å². The van der Waals surface area contributed by atoms with E-state index in [0.29, 0.717) is 28.2 Å². The first kappa shape index (κ1) is 23.6. The highest BCUT2D eigenvalue weighted by atomic mass is 35.5. The van der Waals surface area contributed by atoms with Gasteiger partial charge < -0.3 is 15.2 Å². The molecule has 2 aromatic carbocycles. The van der Waals surface area contributed by atoms with Crippen LogP contribution >= 0.6 is 23.4 Å². The van der Waals surface area contributed by atoms with Gasteiger partial charge in [-0.2, -0.15) is 0 Å². The van der Waals surface area contributed by atoms with E-state index >= 15 is 0 Å². The number of benzene rings is 2. The summed E-state index contributed by atoms with van der Waals surface area (Å²) in [5.41, 5.74) is 3.63. The number of allylic oxidation sites excluding steroid dienone is 1. The summed E-state index contributed by atoms with van der Waals surface area (Å²) in [4.78, 5) is 24.8. The zero-order valence-corrected chi connectivity index (χ0v) is 19.5. The number of anilines is 2. The van der Waals surface area contributed by atoms with Crippen LogP contribution in [0.1, 0.15) is 17.0 Å². The van der Waals surface area contributed by atoms with Gasteiger partial charge in [-0.25, -0.2) is 0 Å². The SMILES string of the molecule is C=CCn1c(CC(=O)Nc2ccc(C)c(C)c2)nnc1SCC(=O)Nc1cccc(Cl)c1. The van der Waals surface area contributed by atoms with Crippen LogP contribution in [0.3, 0.4) is 0 Å². The van der Waals surface area contributed by atoms with E-state index in [9.17, 15) is 9.59 Å². The van der Waals surface area contributed by atoms with Crippen molar-refractivity contribution in [2.45, 2.75) is 32.0 Å². The van der Waals surface area contributed by atoms with E-state index in [1.807, 2.05) is 32.0 Å². The predicted octanol–water partition coefficient (Wildman–Crippen LogP) is 4.65. The molecule has 0 aliphatic carbocycles. The molecule has 0 aliphatic heterocycles. The third kappa shape index (κ3) is 6.45. The molecule has 0 aliphatic rings. The second-order valence-electron chi connectivity index (χ2n) is 7.17. The van der Waals surface area contributed by atoms with Crippen molar-refractivity contribution in [2.75, 3.05) is 16.4 Å². The van der Waals surface area contributed by atoms with Crippen molar-refractivity contribution in [3.8, 4) is 0 Å². The Labute approximate surface area is 196 Å². The summed E-state index contributed by atoms with van der Waals surface area (Å²) >= 11 is 7.19. The smallest absolute Gasteiger partial charge is 0.234 e. The van der Waals surface area contributed by atoms with Gasteiger partial charge in [0.1, 0.15) is 5.82 Å². The van der Waals surface area contributed by atoms with E-state index in [0.717, 1.165) is 16.8 Å². The predicted molar refractivity (Wildman–Crippen MR) is 129 cm³/mol. The van der Waals surface area contributed by atoms with Crippen LogP contribution in [0.5, 0.6) is 0 Å². The molecule has 0 atom stereocenters. The van der Waals surface area contributed by atoms with Crippen LogP contribution in [-0.2, 0) is 22.6 Å². The maximum atomic E-state index is 12.5. The van der Waals surface area contributed by atoms with Crippen molar-refractivity contribution in [1.29, 1.82) is 0 Å². The van der Waals surface area contributed by atoms with Crippen molar-refractivity contribution >= 4 is 46.6 Å². The molecule has 0 fully saturated rings. The second-order valence-corrected chi connectivity index (χ2v) is 8.55. The number of hydrogen-bond donors (Lipinski definition) is 2. The van der Waals surface area contributed by atoms with Crippen LogP contribution in [0.25, 0.3) is 0 Å². The molecule has 2 N–H and O–H groups in total. The minimum atomic E-state index is -0.195. The molecule has 0 spiro atoms. The fraction of sp³-hybridized carbons (Fsp3) is 0.217. The Hall–Kier alpha value is -3.10. The molecule has 0 bridgehead atoms. The summed E-state index contributed by atoms with van der Waals surface area (Å²) < 4.78 is 1.78. The number of nitrogens with zero attached hydrogens (tertiary/aromatic N) is 3. The van der Waals surface area contributed by atoms with Crippen molar-refractivity contribution in [3.63, 3.8) is 0 Å². The Bertz CT molecular complexity index is 1150. The number of aryl methyl sites for hydroxylation is 2. The van der Waals surface area contributed by atoms with Crippen LogP contribution in [-0.4, -0.2) is 32.3 Å². The lowest BCUT2D eigenvalue weighted by molar-refractivity contribution is -0.116. The highest BCUT2D eigenvalue weighted by molar-refractivity contribution is 7.99. The number of nitrogens with one attached hydrogen (secondary N) is 2. The van der Waals surface area contributed by atoms with Crippen LogP contribution in [0.4, 0.5) is 11.4 Å². The highest BCUT2D eigenvalue weighted by Crippen LogP contribution is 2.20. The first-order chi connectivity index (χ1) is 15.4. The van der Waals surface area contributed by atoms with Crippen LogP contribution in [0, 0.1) is 13.8 Å². The number of carbonyl (C=O) groups excluding carboxylic acids is 2. The van der Waals surface area contributed by atoms with E-state index in [1.165, 1.54) is 11.8 Å². The summed E-state index contributed by atoms with van der Waals surface area (Å²) in [7, 11) is 0. The van der Waals surface area contributed by atoms with Crippen molar-refractivity contribution in [2.24, 2.45) is 0 Å². The minimum Gasteiger partial charge on any atom is -0.326 e. The first-order valence-corrected chi connectivity index (χ1v) is 11.3. The quantitative estimate of drug-likeness (QED) is 0.352. The first-order valence-electron chi connectivity index (χ1n) is 9.94. The molecule has 2 amide bonds. The third-order valence-electron chi connectivity index (χ3n) is 4.66. The molecule has 3 rings (SSSR count). The summed E-state index contributed by atoms with van der Waals surface area (Å²) in [5.74, 6) is 0.251. The second kappa shape index (κ2) is 11.0. The Balaban J connectivity index is 1.62. The van der Waals surface area contributed by atoms with Crippen LogP contribution in [0.15, 0.2) is 60.3 Å². The van der Waals surface area contributed by atoms with E-state index in [-0.39, 0.29) is 24.0 Å². The molecule has 1 heterocycles. The van der Waals surface area contributed by atoms with E-state index in [2.05, 4.69) is 27.4 Å². The summed E-state index contributed by atoms with van der Waals surface area (Å²) in [6.07, 6.45) is 1.76. The third-order valence-corrected chi connectivity index (χ3v) is 5.86. The molecular formula is C23H24ClN5O2S. The maximum absolute atomic E-state index is 12.5. The number of halogens is 1. The van der Waals surface area contributed by atoms with Gasteiger partial charge in [-0.3, -0.25) is 9.59 Å². The monoisotopic (exact) mass is 469 g/mol. The molecule has 0 radical (unpaired) electrons. The average molecular weight is 470 g/mol. The average Bonchev–Trinajstić information content (AvgIpc) is 3.11. The van der Waals surface area contributed by atoms with Gasteiger partial charge in [-0.15, -0.1) is 16.8 Å². The summed E-state index contributed by atoms with van der Waals surface area (Å²) in [5, 5.41) is 15.1. The molecule has 9 heteroatoms. The van der Waals surface area contributed by atoms with Gasteiger partial charge in [0.25, 0.3) is 0 Å². The zero-order chi connectivity index (χ0) is 23.1. The highest BCUT2D eigenvalue weighted by Gasteiger charge is 2.16. The van der Waals surface area contributed by atoms with Crippen molar-refractivity contribution < 1.29 is 9.59 Å². The van der Waals surface area contributed by atoms with E-state index < -0.39 is 0 Å². The standard InChI is InChI=1S/C23H24ClN5O2S/c1-4-10-29-20(13-21(30)25-19-9-8-15(2)16(3)11-19)27-28-23(29)32-14-22(31)26-18-7-5-6-17(24)12-18/h4-9,11-12H,1,10,13-14H2,2-3H3,(H,25,30)(H,26,31). The summed E-state index contributed by atoms with van der Waals surface area (Å²) in [6.45, 7) is 8.21. The molecule has 3 aromatic rings. The zero-order valence-electron chi connectivity index (χ0n) is 17.9. The number of amides is 2. The lowest BCUT2D eigenvalue weighted by atomic mass is 10.1. The molecule has 1 aromatic heterocycles. The number of hydrogen-bond acceptors (Lipinski definition) is 5.